The van der Waals surface area contributed by atoms with Gasteiger partial charge >= 0.3 is 0 Å². The minimum absolute atomic E-state index is 0.0392. The van der Waals surface area contributed by atoms with Gasteiger partial charge in [-0.25, -0.2) is 9.47 Å². The number of nitrogens with zero attached hydrogens (tertiary/aromatic N) is 4. The van der Waals surface area contributed by atoms with Gasteiger partial charge in [-0.1, -0.05) is 48.5 Å². The summed E-state index contributed by atoms with van der Waals surface area (Å²) in [6.07, 6.45) is 3.59. The molecule has 1 aliphatic heterocycles. The van der Waals surface area contributed by atoms with Gasteiger partial charge in [0, 0.05) is 23.9 Å². The van der Waals surface area contributed by atoms with Crippen LogP contribution in [0.2, 0.25) is 0 Å². The summed E-state index contributed by atoms with van der Waals surface area (Å²) >= 11 is 0. The van der Waals surface area contributed by atoms with Crippen LogP contribution >= 0.6 is 0 Å². The number of hydrogen-bond donors (Lipinski definition) is 0. The Kier molecular flexibility index (Phi) is 3.73. The lowest BCUT2D eigenvalue weighted by atomic mass is 10.1. The predicted octanol–water partition coefficient (Wildman–Crippen LogP) is 6.45. The molecule has 6 rings (SSSR count). The fraction of sp³-hybridized carbons (Fsp3) is 0.154. The third-order valence-electron chi connectivity index (χ3n) is 6.71. The van der Waals surface area contributed by atoms with E-state index in [4.69, 9.17) is 14.4 Å². The summed E-state index contributed by atoms with van der Waals surface area (Å²) in [5.74, 6) is 1.81. The fourth-order valence-corrected chi connectivity index (χ4v) is 4.95. The highest BCUT2D eigenvalue weighted by molar-refractivity contribution is 6.10. The van der Waals surface area contributed by atoms with E-state index in [1.165, 1.54) is 5.69 Å². The number of quaternary nitrogens is 1. The molecule has 3 aromatic carbocycles. The number of aryl methyl sites for hydroxylation is 1. The molecule has 0 amide bonds. The predicted molar refractivity (Wildman–Crippen MR) is 126 cm³/mol. The van der Waals surface area contributed by atoms with Gasteiger partial charge < -0.3 is 4.42 Å². The molecule has 152 valence electrons. The van der Waals surface area contributed by atoms with Crippen molar-refractivity contribution >= 4 is 44.9 Å². The number of aromatic nitrogens is 2. The van der Waals surface area contributed by atoms with Crippen molar-refractivity contribution in [2.24, 2.45) is 0 Å². The third kappa shape index (κ3) is 2.35. The molecular weight excluding hydrogens is 384 g/mol. The Morgan fingerprint density at radius 2 is 1.61 bits per heavy atom. The number of furan rings is 1. The van der Waals surface area contributed by atoms with Crippen LogP contribution in [0.5, 0.6) is 0 Å². The van der Waals surface area contributed by atoms with Crippen LogP contribution in [0.15, 0.2) is 83.5 Å². The molecule has 3 heterocycles. The van der Waals surface area contributed by atoms with Gasteiger partial charge in [-0.2, -0.15) is 4.98 Å². The average molecular weight is 407 g/mol. The Balaban J connectivity index is 1.66. The fourth-order valence-electron chi connectivity index (χ4n) is 4.95. The first-order valence-electron chi connectivity index (χ1n) is 10.5. The highest BCUT2D eigenvalue weighted by Gasteiger charge is 2.51. The summed E-state index contributed by atoms with van der Waals surface area (Å²) in [4.78, 5) is 11.9. The van der Waals surface area contributed by atoms with E-state index in [0.717, 1.165) is 44.8 Å². The van der Waals surface area contributed by atoms with Gasteiger partial charge in [0.05, 0.1) is 18.9 Å². The highest BCUT2D eigenvalue weighted by atomic mass is 16.3. The molecule has 1 aliphatic rings. The molecule has 5 aromatic rings. The van der Waals surface area contributed by atoms with Crippen molar-refractivity contribution < 1.29 is 4.42 Å². The van der Waals surface area contributed by atoms with Crippen LogP contribution in [0.25, 0.3) is 21.9 Å². The van der Waals surface area contributed by atoms with E-state index >= 15 is 0 Å². The maximum absolute atomic E-state index is 6.42. The molecular formula is C26H23N4O+. The topological polar surface area (TPSA) is 42.2 Å². The smallest absolute Gasteiger partial charge is 0.278 e. The zero-order chi connectivity index (χ0) is 21.2. The molecule has 5 heteroatoms. The van der Waals surface area contributed by atoms with Gasteiger partial charge in [0.2, 0.25) is 5.82 Å². The number of para-hydroxylation sites is 2. The van der Waals surface area contributed by atoms with Crippen LogP contribution in [-0.4, -0.2) is 23.2 Å². The van der Waals surface area contributed by atoms with Gasteiger partial charge in [0.15, 0.2) is 11.7 Å². The van der Waals surface area contributed by atoms with Crippen molar-refractivity contribution in [3.63, 3.8) is 0 Å². The van der Waals surface area contributed by atoms with Crippen LogP contribution in [0, 0.1) is 6.92 Å². The molecule has 0 aliphatic carbocycles. The Morgan fingerprint density at radius 3 is 2.45 bits per heavy atom. The molecule has 0 N–H and O–H groups in total. The van der Waals surface area contributed by atoms with Crippen molar-refractivity contribution in [2.45, 2.75) is 20.0 Å². The first kappa shape index (κ1) is 18.1. The molecule has 0 fully saturated rings. The summed E-state index contributed by atoms with van der Waals surface area (Å²) in [5, 5.41) is 2.25. The molecule has 2 aromatic heterocycles. The summed E-state index contributed by atoms with van der Waals surface area (Å²) in [5.41, 5.74) is 5.17. The van der Waals surface area contributed by atoms with E-state index in [-0.39, 0.29) is 6.17 Å². The lowest BCUT2D eigenvalue weighted by molar-refractivity contribution is 0.381. The molecule has 0 radical (unpaired) electrons. The summed E-state index contributed by atoms with van der Waals surface area (Å²) in [6, 6.07) is 23.1. The SMILES string of the molecule is Cc1ccc2c(oc3ccccc32)c1N1c2nccnc2[N+](C)(c2ccccc2)[C@@H]1C. The summed E-state index contributed by atoms with van der Waals surface area (Å²) in [7, 11) is 2.21. The molecule has 0 saturated carbocycles. The number of anilines is 2. The highest BCUT2D eigenvalue weighted by Crippen LogP contribution is 2.52. The number of fused-ring (bicyclic) bond motifs is 4. The number of hydrogen-bond acceptors (Lipinski definition) is 4. The second kappa shape index (κ2) is 6.40. The molecule has 1 unspecified atom stereocenters. The monoisotopic (exact) mass is 407 g/mol. The lowest BCUT2D eigenvalue weighted by Gasteiger charge is -2.35. The van der Waals surface area contributed by atoms with Gasteiger partial charge in [-0.05, 0) is 30.7 Å². The zero-order valence-electron chi connectivity index (χ0n) is 17.8. The largest absolute Gasteiger partial charge is 0.454 e. The Hall–Kier alpha value is -3.70. The summed E-state index contributed by atoms with van der Waals surface area (Å²) < 4.78 is 6.96. The quantitative estimate of drug-likeness (QED) is 0.315. The molecule has 0 saturated heterocycles. The maximum Gasteiger partial charge on any atom is 0.278 e. The van der Waals surface area contributed by atoms with Crippen molar-refractivity contribution in [3.8, 4) is 0 Å². The maximum atomic E-state index is 6.42. The Labute approximate surface area is 180 Å². The van der Waals surface area contributed by atoms with E-state index in [0.29, 0.717) is 4.48 Å². The van der Waals surface area contributed by atoms with Gasteiger partial charge in [0.25, 0.3) is 5.82 Å². The van der Waals surface area contributed by atoms with Crippen LogP contribution < -0.4 is 9.38 Å². The minimum atomic E-state index is 0.0392. The minimum Gasteiger partial charge on any atom is -0.454 e. The summed E-state index contributed by atoms with van der Waals surface area (Å²) in [6.45, 7) is 4.37. The average Bonchev–Trinajstić information content (AvgIpc) is 3.29. The van der Waals surface area contributed by atoms with E-state index in [1.54, 1.807) is 12.4 Å². The van der Waals surface area contributed by atoms with Crippen LogP contribution in [-0.2, 0) is 0 Å². The third-order valence-corrected chi connectivity index (χ3v) is 6.71. The van der Waals surface area contributed by atoms with Gasteiger partial charge in [0.1, 0.15) is 11.3 Å². The first-order valence-corrected chi connectivity index (χ1v) is 10.5. The van der Waals surface area contributed by atoms with Gasteiger partial charge in [-0.15, -0.1) is 0 Å². The van der Waals surface area contributed by atoms with E-state index in [2.05, 4.69) is 74.3 Å². The van der Waals surface area contributed by atoms with Crippen molar-refractivity contribution in [1.29, 1.82) is 0 Å². The molecule has 2 atom stereocenters. The zero-order valence-corrected chi connectivity index (χ0v) is 17.8. The van der Waals surface area contributed by atoms with E-state index < -0.39 is 0 Å². The normalized spacial score (nSPS) is 20.5. The second-order valence-corrected chi connectivity index (χ2v) is 8.32. The van der Waals surface area contributed by atoms with E-state index in [1.807, 2.05) is 18.2 Å². The first-order chi connectivity index (χ1) is 15.1. The van der Waals surface area contributed by atoms with Crippen molar-refractivity contribution in [2.75, 3.05) is 11.9 Å². The molecule has 0 bridgehead atoms. The standard InChI is InChI=1S/C26H23N4O/c1-17-13-14-21-20-11-7-8-12-22(20)31-24(21)23(17)29-18(2)30(3,19-9-5-4-6-10-19)26-25(29)27-15-16-28-26/h4-16,18H,1-3H3/q+1/t18-,30?/m1/s1. The lowest BCUT2D eigenvalue weighted by Crippen LogP contribution is -2.50. The second-order valence-electron chi connectivity index (χ2n) is 8.32. The molecule has 0 spiro atoms. The van der Waals surface area contributed by atoms with Crippen LogP contribution in [0.3, 0.4) is 0 Å². The van der Waals surface area contributed by atoms with Crippen LogP contribution in [0.4, 0.5) is 23.0 Å². The Morgan fingerprint density at radius 1 is 0.871 bits per heavy atom. The molecule has 5 nitrogen and oxygen atoms in total. The van der Waals surface area contributed by atoms with Crippen LogP contribution in [0.1, 0.15) is 12.5 Å². The van der Waals surface area contributed by atoms with Crippen molar-refractivity contribution in [1.82, 2.24) is 14.5 Å². The Bertz CT molecular complexity index is 1440. The number of benzene rings is 3. The molecule has 31 heavy (non-hydrogen) atoms. The number of rotatable bonds is 2. The van der Waals surface area contributed by atoms with E-state index in [9.17, 15) is 0 Å². The van der Waals surface area contributed by atoms with Crippen molar-refractivity contribution in [3.05, 3.63) is 84.7 Å². The van der Waals surface area contributed by atoms with Gasteiger partial charge in [-0.3, -0.25) is 4.90 Å².